The van der Waals surface area contributed by atoms with Gasteiger partial charge in [-0.15, -0.1) is 0 Å². The molecule has 0 saturated carbocycles. The zero-order chi connectivity index (χ0) is 23.3. The van der Waals surface area contributed by atoms with Gasteiger partial charge in [0.15, 0.2) is 0 Å². The molecular weight excluding hydrogens is 428 g/mol. The SMILES string of the molecule is CCOc1ccc(/C(O)=C2/C(=O)C(=O)N(CCN(CC)CC)C2c2ccccc2)cc1Cl. The van der Waals surface area contributed by atoms with Crippen molar-refractivity contribution in [2.75, 3.05) is 32.8 Å². The number of likely N-dealkylation sites (tertiary alicyclic amines) is 1. The molecule has 1 heterocycles. The number of nitrogens with zero attached hydrogens (tertiary/aromatic N) is 2. The molecule has 1 N–H and O–H groups in total. The van der Waals surface area contributed by atoms with E-state index in [0.29, 0.717) is 36.0 Å². The highest BCUT2D eigenvalue weighted by Gasteiger charge is 2.45. The van der Waals surface area contributed by atoms with Crippen LogP contribution in [0.5, 0.6) is 5.75 Å². The molecule has 0 radical (unpaired) electrons. The number of likely N-dealkylation sites (N-methyl/N-ethyl adjacent to an activating group) is 1. The van der Waals surface area contributed by atoms with Crippen LogP contribution in [-0.4, -0.2) is 59.4 Å². The number of carbonyl (C=O) groups excluding carboxylic acids is 2. The van der Waals surface area contributed by atoms with E-state index in [4.69, 9.17) is 16.3 Å². The van der Waals surface area contributed by atoms with Crippen molar-refractivity contribution in [1.29, 1.82) is 0 Å². The highest BCUT2D eigenvalue weighted by Crippen LogP contribution is 2.40. The van der Waals surface area contributed by atoms with Crippen LogP contribution in [0.2, 0.25) is 5.02 Å². The largest absolute Gasteiger partial charge is 0.507 e. The summed E-state index contributed by atoms with van der Waals surface area (Å²) in [6.45, 7) is 9.14. The zero-order valence-electron chi connectivity index (χ0n) is 18.7. The molecule has 1 unspecified atom stereocenters. The van der Waals surface area contributed by atoms with Crippen LogP contribution < -0.4 is 4.74 Å². The third-order valence-electron chi connectivity index (χ3n) is 5.71. The Morgan fingerprint density at radius 1 is 1.09 bits per heavy atom. The van der Waals surface area contributed by atoms with Crippen molar-refractivity contribution in [2.24, 2.45) is 0 Å². The lowest BCUT2D eigenvalue weighted by Crippen LogP contribution is -2.38. The van der Waals surface area contributed by atoms with E-state index in [0.717, 1.165) is 18.7 Å². The lowest BCUT2D eigenvalue weighted by atomic mass is 9.95. The number of aliphatic hydroxyl groups excluding tert-OH is 1. The zero-order valence-corrected chi connectivity index (χ0v) is 19.4. The van der Waals surface area contributed by atoms with Crippen molar-refractivity contribution < 1.29 is 19.4 Å². The normalized spacial score (nSPS) is 17.9. The van der Waals surface area contributed by atoms with Gasteiger partial charge < -0.3 is 19.6 Å². The summed E-state index contributed by atoms with van der Waals surface area (Å²) in [7, 11) is 0. The molecule has 0 spiro atoms. The second kappa shape index (κ2) is 10.7. The number of ether oxygens (including phenoxy) is 1. The summed E-state index contributed by atoms with van der Waals surface area (Å²) >= 11 is 6.30. The number of halogens is 1. The Morgan fingerprint density at radius 3 is 2.38 bits per heavy atom. The van der Waals surface area contributed by atoms with Crippen LogP contribution in [0.4, 0.5) is 0 Å². The second-order valence-electron chi connectivity index (χ2n) is 7.51. The Bertz CT molecular complexity index is 1000. The molecule has 1 fully saturated rings. The maximum atomic E-state index is 13.1. The van der Waals surface area contributed by atoms with Crippen molar-refractivity contribution in [1.82, 2.24) is 9.80 Å². The molecule has 32 heavy (non-hydrogen) atoms. The summed E-state index contributed by atoms with van der Waals surface area (Å²) in [5, 5.41) is 11.5. The number of benzene rings is 2. The molecule has 0 aliphatic carbocycles. The fourth-order valence-electron chi connectivity index (χ4n) is 3.96. The quantitative estimate of drug-likeness (QED) is 0.341. The van der Waals surface area contributed by atoms with Crippen molar-refractivity contribution in [2.45, 2.75) is 26.8 Å². The molecule has 2 aromatic rings. The number of rotatable bonds is 9. The Balaban J connectivity index is 2.07. The molecule has 1 aliphatic rings. The fraction of sp³-hybridized carbons (Fsp3) is 0.360. The van der Waals surface area contributed by atoms with Crippen LogP contribution >= 0.6 is 11.6 Å². The van der Waals surface area contributed by atoms with Gasteiger partial charge in [-0.1, -0.05) is 55.8 Å². The Morgan fingerprint density at radius 2 is 1.78 bits per heavy atom. The van der Waals surface area contributed by atoms with Gasteiger partial charge in [0.25, 0.3) is 11.7 Å². The highest BCUT2D eigenvalue weighted by molar-refractivity contribution is 6.46. The first-order valence-electron chi connectivity index (χ1n) is 10.9. The van der Waals surface area contributed by atoms with E-state index >= 15 is 0 Å². The highest BCUT2D eigenvalue weighted by atomic mass is 35.5. The molecule has 0 aromatic heterocycles. The van der Waals surface area contributed by atoms with Crippen molar-refractivity contribution in [3.63, 3.8) is 0 Å². The van der Waals surface area contributed by atoms with Crippen molar-refractivity contribution >= 4 is 29.1 Å². The predicted molar refractivity (Wildman–Crippen MR) is 126 cm³/mol. The Hall–Kier alpha value is -2.83. The van der Waals surface area contributed by atoms with E-state index in [9.17, 15) is 14.7 Å². The fourth-order valence-corrected chi connectivity index (χ4v) is 4.19. The van der Waals surface area contributed by atoms with Gasteiger partial charge in [-0.3, -0.25) is 9.59 Å². The van der Waals surface area contributed by atoms with Gasteiger partial charge in [0.1, 0.15) is 11.5 Å². The van der Waals surface area contributed by atoms with Gasteiger partial charge in [-0.25, -0.2) is 0 Å². The molecule has 1 aliphatic heterocycles. The molecule has 1 atom stereocenters. The molecule has 7 heteroatoms. The average Bonchev–Trinajstić information content (AvgIpc) is 3.06. The number of hydrogen-bond acceptors (Lipinski definition) is 5. The van der Waals surface area contributed by atoms with E-state index in [2.05, 4.69) is 18.7 Å². The van der Waals surface area contributed by atoms with Gasteiger partial charge in [0, 0.05) is 18.7 Å². The molecule has 1 amide bonds. The molecular formula is C25H29ClN2O4. The third-order valence-corrected chi connectivity index (χ3v) is 6.01. The molecule has 0 bridgehead atoms. The summed E-state index contributed by atoms with van der Waals surface area (Å²) in [6, 6.07) is 13.5. The number of hydrogen-bond donors (Lipinski definition) is 1. The molecule has 170 valence electrons. The minimum absolute atomic E-state index is 0.0703. The molecule has 6 nitrogen and oxygen atoms in total. The summed E-state index contributed by atoms with van der Waals surface area (Å²) in [6.07, 6.45) is 0. The van der Waals surface area contributed by atoms with Crippen molar-refractivity contribution in [3.8, 4) is 5.75 Å². The molecule has 3 rings (SSSR count). The number of ketones is 1. The maximum absolute atomic E-state index is 13.1. The van der Waals surface area contributed by atoms with E-state index in [-0.39, 0.29) is 11.3 Å². The van der Waals surface area contributed by atoms with Crippen LogP contribution in [0.1, 0.15) is 37.9 Å². The van der Waals surface area contributed by atoms with Crippen LogP contribution in [-0.2, 0) is 9.59 Å². The smallest absolute Gasteiger partial charge is 0.295 e. The first-order valence-corrected chi connectivity index (χ1v) is 11.3. The minimum atomic E-state index is -0.694. The predicted octanol–water partition coefficient (Wildman–Crippen LogP) is 4.50. The van der Waals surface area contributed by atoms with Gasteiger partial charge in [-0.05, 0) is 43.8 Å². The monoisotopic (exact) mass is 456 g/mol. The summed E-state index contributed by atoms with van der Waals surface area (Å²) in [5.74, 6) is -1.05. The minimum Gasteiger partial charge on any atom is -0.507 e. The summed E-state index contributed by atoms with van der Waals surface area (Å²) in [5.41, 5.74) is 1.20. The van der Waals surface area contributed by atoms with Gasteiger partial charge in [-0.2, -0.15) is 0 Å². The van der Waals surface area contributed by atoms with E-state index in [1.54, 1.807) is 23.1 Å². The second-order valence-corrected chi connectivity index (χ2v) is 7.92. The first kappa shape index (κ1) is 23.8. The summed E-state index contributed by atoms with van der Waals surface area (Å²) in [4.78, 5) is 29.8. The van der Waals surface area contributed by atoms with Crippen LogP contribution in [0.3, 0.4) is 0 Å². The molecule has 1 saturated heterocycles. The van der Waals surface area contributed by atoms with E-state index in [1.807, 2.05) is 37.3 Å². The third kappa shape index (κ3) is 4.81. The van der Waals surface area contributed by atoms with Gasteiger partial charge in [0.2, 0.25) is 0 Å². The van der Waals surface area contributed by atoms with Gasteiger partial charge in [0.05, 0.1) is 23.2 Å². The van der Waals surface area contributed by atoms with Crippen molar-refractivity contribution in [3.05, 3.63) is 70.3 Å². The Labute approximate surface area is 194 Å². The van der Waals surface area contributed by atoms with Gasteiger partial charge >= 0.3 is 0 Å². The maximum Gasteiger partial charge on any atom is 0.295 e. The number of carbonyl (C=O) groups is 2. The molecule has 2 aromatic carbocycles. The number of aliphatic hydroxyl groups is 1. The number of Topliss-reactive ketones (excluding diaryl/α,β-unsaturated/α-hetero) is 1. The summed E-state index contributed by atoms with van der Waals surface area (Å²) < 4.78 is 5.45. The lowest BCUT2D eigenvalue weighted by molar-refractivity contribution is -0.140. The topological polar surface area (TPSA) is 70.1 Å². The van der Waals surface area contributed by atoms with Crippen LogP contribution in [0.15, 0.2) is 54.1 Å². The number of amides is 1. The van der Waals surface area contributed by atoms with Crippen LogP contribution in [0, 0.1) is 0 Å². The van der Waals surface area contributed by atoms with E-state index < -0.39 is 17.7 Å². The standard InChI is InChI=1S/C25H29ClN2O4/c1-4-27(5-2)14-15-28-22(17-10-8-7-9-11-17)21(24(30)25(28)31)23(29)18-12-13-20(32-6-3)19(26)16-18/h7-13,16,22,29H,4-6,14-15H2,1-3H3/b23-21-. The Kier molecular flexibility index (Phi) is 7.94. The average molecular weight is 457 g/mol. The van der Waals surface area contributed by atoms with E-state index in [1.165, 1.54) is 0 Å². The lowest BCUT2D eigenvalue weighted by Gasteiger charge is -2.28. The van der Waals surface area contributed by atoms with Crippen LogP contribution in [0.25, 0.3) is 5.76 Å². The first-order chi connectivity index (χ1) is 15.4.